The Labute approximate surface area is 111 Å². The predicted molar refractivity (Wildman–Crippen MR) is 69.6 cm³/mol. The van der Waals surface area contributed by atoms with Gasteiger partial charge in [-0.05, 0) is 34.1 Å². The molecule has 1 heterocycles. The number of hydrogen-bond acceptors (Lipinski definition) is 2. The van der Waals surface area contributed by atoms with Gasteiger partial charge in [0.15, 0.2) is 0 Å². The van der Waals surface area contributed by atoms with Gasteiger partial charge in [0.2, 0.25) is 0 Å². The molecule has 0 unspecified atom stereocenters. The summed E-state index contributed by atoms with van der Waals surface area (Å²) in [6.45, 7) is 0. The van der Waals surface area contributed by atoms with Crippen molar-refractivity contribution in [3.05, 3.63) is 45.7 Å². The fourth-order valence-electron chi connectivity index (χ4n) is 1.29. The zero-order valence-electron chi connectivity index (χ0n) is 8.50. The van der Waals surface area contributed by atoms with Gasteiger partial charge >= 0.3 is 0 Å². The molecule has 3 N–H and O–H groups in total. The minimum absolute atomic E-state index is 0.0515. The smallest absolute Gasteiger partial charge is 0.272 e. The lowest BCUT2D eigenvalue weighted by Gasteiger charge is -2.06. The third-order valence-corrected chi connectivity index (χ3v) is 2.86. The summed E-state index contributed by atoms with van der Waals surface area (Å²) in [4.78, 5) is 14.6. The number of aromatic nitrogens is 1. The third-order valence-electron chi connectivity index (χ3n) is 2.09. The lowest BCUT2D eigenvalue weighted by molar-refractivity contribution is 0.102. The summed E-state index contributed by atoms with van der Waals surface area (Å²) in [7, 11) is 0. The van der Waals surface area contributed by atoms with Crippen molar-refractivity contribution in [2.24, 2.45) is 0 Å². The van der Waals surface area contributed by atoms with Crippen LogP contribution in [-0.2, 0) is 0 Å². The molecule has 0 aliphatic heterocycles. The van der Waals surface area contributed by atoms with Gasteiger partial charge < -0.3 is 15.4 Å². The zero-order valence-corrected chi connectivity index (χ0v) is 10.8. The first-order valence-corrected chi connectivity index (χ1v) is 5.87. The Morgan fingerprint density at radius 3 is 2.76 bits per heavy atom. The lowest BCUT2D eigenvalue weighted by Crippen LogP contribution is -2.12. The summed E-state index contributed by atoms with van der Waals surface area (Å²) in [5, 5.41) is 12.1. The second kappa shape index (κ2) is 4.81. The van der Waals surface area contributed by atoms with Crippen LogP contribution in [0.4, 0.5) is 5.69 Å². The molecule has 1 aromatic heterocycles. The second-order valence-electron chi connectivity index (χ2n) is 3.35. The first-order valence-electron chi connectivity index (χ1n) is 4.70. The van der Waals surface area contributed by atoms with Gasteiger partial charge in [0.1, 0.15) is 11.4 Å². The van der Waals surface area contributed by atoms with Crippen molar-refractivity contribution in [2.45, 2.75) is 0 Å². The van der Waals surface area contributed by atoms with E-state index in [4.69, 9.17) is 11.6 Å². The predicted octanol–water partition coefficient (Wildman–Crippen LogP) is 3.39. The number of H-pyrrole nitrogens is 1. The molecule has 17 heavy (non-hydrogen) atoms. The molecule has 0 spiro atoms. The fourth-order valence-corrected chi connectivity index (χ4v) is 1.86. The van der Waals surface area contributed by atoms with Crippen molar-refractivity contribution < 1.29 is 9.90 Å². The minimum atomic E-state index is -0.303. The summed E-state index contributed by atoms with van der Waals surface area (Å²) in [6.07, 6.45) is 1.66. The number of phenolic OH excluding ortho intramolecular Hbond substituents is 1. The van der Waals surface area contributed by atoms with Crippen LogP contribution in [0.5, 0.6) is 5.75 Å². The molecule has 0 aliphatic rings. The van der Waals surface area contributed by atoms with Gasteiger partial charge in [-0.2, -0.15) is 0 Å². The number of carbonyl (C=O) groups is 1. The Morgan fingerprint density at radius 1 is 1.41 bits per heavy atom. The van der Waals surface area contributed by atoms with Crippen LogP contribution in [0.15, 0.2) is 34.9 Å². The number of amides is 1. The molecular formula is C11H8BrClN2O2. The van der Waals surface area contributed by atoms with Crippen molar-refractivity contribution in [3.63, 3.8) is 0 Å². The molecule has 6 heteroatoms. The Kier molecular flexibility index (Phi) is 3.40. The number of phenols is 1. The van der Waals surface area contributed by atoms with Gasteiger partial charge in [-0.3, -0.25) is 4.79 Å². The lowest BCUT2D eigenvalue weighted by atomic mass is 10.3. The van der Waals surface area contributed by atoms with E-state index in [0.717, 1.165) is 4.47 Å². The minimum Gasteiger partial charge on any atom is -0.508 e. The Hall–Kier alpha value is -1.46. The summed E-state index contributed by atoms with van der Waals surface area (Å²) >= 11 is 9.11. The number of halogens is 2. The maximum Gasteiger partial charge on any atom is 0.272 e. The van der Waals surface area contributed by atoms with Gasteiger partial charge in [-0.1, -0.05) is 11.6 Å². The average molecular weight is 316 g/mol. The van der Waals surface area contributed by atoms with Gasteiger partial charge in [0, 0.05) is 16.7 Å². The number of aromatic amines is 1. The molecule has 0 fully saturated rings. The standard InChI is InChI=1S/C11H8BrClN2O2/c12-6-3-10(14-5-6)11(17)15-9-2-1-7(16)4-8(9)13/h1-5,14,16H,(H,15,17). The van der Waals surface area contributed by atoms with Crippen LogP contribution in [0, 0.1) is 0 Å². The van der Waals surface area contributed by atoms with Crippen molar-refractivity contribution in [1.29, 1.82) is 0 Å². The molecule has 2 aromatic rings. The van der Waals surface area contributed by atoms with E-state index in [1.165, 1.54) is 18.2 Å². The molecule has 0 bridgehead atoms. The van der Waals surface area contributed by atoms with Crippen molar-refractivity contribution in [2.75, 3.05) is 5.32 Å². The van der Waals surface area contributed by atoms with Gasteiger partial charge in [-0.15, -0.1) is 0 Å². The normalized spacial score (nSPS) is 10.2. The van der Waals surface area contributed by atoms with Crippen LogP contribution in [0.3, 0.4) is 0 Å². The zero-order chi connectivity index (χ0) is 12.4. The number of hydrogen-bond donors (Lipinski definition) is 3. The van der Waals surface area contributed by atoms with Crippen molar-refractivity contribution in [1.82, 2.24) is 4.98 Å². The summed E-state index contributed by atoms with van der Waals surface area (Å²) < 4.78 is 0.791. The van der Waals surface area contributed by atoms with E-state index in [0.29, 0.717) is 11.4 Å². The number of nitrogens with one attached hydrogen (secondary N) is 2. The maximum atomic E-state index is 11.8. The highest BCUT2D eigenvalue weighted by Gasteiger charge is 2.10. The van der Waals surface area contributed by atoms with Crippen LogP contribution >= 0.6 is 27.5 Å². The highest BCUT2D eigenvalue weighted by atomic mass is 79.9. The van der Waals surface area contributed by atoms with Gasteiger partial charge in [-0.25, -0.2) is 0 Å². The monoisotopic (exact) mass is 314 g/mol. The number of anilines is 1. The maximum absolute atomic E-state index is 11.8. The summed E-state index contributed by atoms with van der Waals surface area (Å²) in [6, 6.07) is 6.01. The Balaban J connectivity index is 2.18. The molecule has 0 saturated heterocycles. The quantitative estimate of drug-likeness (QED) is 0.744. The van der Waals surface area contributed by atoms with Crippen LogP contribution in [0.25, 0.3) is 0 Å². The van der Waals surface area contributed by atoms with Crippen LogP contribution in [-0.4, -0.2) is 16.0 Å². The molecule has 0 radical (unpaired) electrons. The highest BCUT2D eigenvalue weighted by molar-refractivity contribution is 9.10. The number of rotatable bonds is 2. The first kappa shape index (κ1) is 12.0. The third kappa shape index (κ3) is 2.81. The van der Waals surface area contributed by atoms with E-state index in [2.05, 4.69) is 26.2 Å². The van der Waals surface area contributed by atoms with E-state index in [9.17, 15) is 9.90 Å². The second-order valence-corrected chi connectivity index (χ2v) is 4.67. The molecule has 1 aromatic carbocycles. The molecule has 1 amide bonds. The number of aromatic hydroxyl groups is 1. The van der Waals surface area contributed by atoms with E-state index in [-0.39, 0.29) is 16.7 Å². The molecule has 0 atom stereocenters. The van der Waals surface area contributed by atoms with Crippen molar-refractivity contribution in [3.8, 4) is 5.75 Å². The van der Waals surface area contributed by atoms with Crippen molar-refractivity contribution >= 4 is 39.1 Å². The molecule has 88 valence electrons. The molecule has 0 aliphatic carbocycles. The molecular weight excluding hydrogens is 307 g/mol. The molecule has 0 saturated carbocycles. The highest BCUT2D eigenvalue weighted by Crippen LogP contribution is 2.26. The first-order chi connectivity index (χ1) is 8.06. The largest absolute Gasteiger partial charge is 0.508 e. The number of carbonyl (C=O) groups excluding carboxylic acids is 1. The van der Waals surface area contributed by atoms with E-state index in [1.807, 2.05) is 0 Å². The van der Waals surface area contributed by atoms with Crippen LogP contribution in [0.2, 0.25) is 5.02 Å². The Morgan fingerprint density at radius 2 is 2.18 bits per heavy atom. The molecule has 2 rings (SSSR count). The summed E-state index contributed by atoms with van der Waals surface area (Å²) in [5.74, 6) is -0.251. The fraction of sp³-hybridized carbons (Fsp3) is 0. The van der Waals surface area contributed by atoms with E-state index < -0.39 is 0 Å². The SMILES string of the molecule is O=C(Nc1ccc(O)cc1Cl)c1cc(Br)c[nH]1. The Bertz CT molecular complexity index is 568. The van der Waals surface area contributed by atoms with E-state index >= 15 is 0 Å². The topological polar surface area (TPSA) is 65.1 Å². The van der Waals surface area contributed by atoms with Crippen LogP contribution < -0.4 is 5.32 Å². The van der Waals surface area contributed by atoms with Gasteiger partial charge in [0.05, 0.1) is 10.7 Å². The number of benzene rings is 1. The summed E-state index contributed by atoms with van der Waals surface area (Å²) in [5.41, 5.74) is 0.862. The van der Waals surface area contributed by atoms with Crippen LogP contribution in [0.1, 0.15) is 10.5 Å². The molecule has 4 nitrogen and oxygen atoms in total. The van der Waals surface area contributed by atoms with Gasteiger partial charge in [0.25, 0.3) is 5.91 Å². The average Bonchev–Trinajstić information content (AvgIpc) is 2.69. The van der Waals surface area contributed by atoms with E-state index in [1.54, 1.807) is 12.3 Å².